The normalized spacial score (nSPS) is 11.7. The van der Waals surface area contributed by atoms with Crippen LogP contribution < -0.4 is 0 Å². The minimum Gasteiger partial charge on any atom is -0.481 e. The van der Waals surface area contributed by atoms with E-state index in [0.29, 0.717) is 6.61 Å². The minimum absolute atomic E-state index is 0. The number of unbranched alkanes of at least 4 members (excludes halogenated alkanes) is 8. The standard InChI is InChI=1S/C17H28O2S.C5H5.Fe/c18-17(16-12-8-9-13-16)19-14-10-6-4-2-1-3-5-7-11-15-20;1-2-4-5-3-1;/h8-9,12-13,18,20H,1-7,10-11,14-15H2;1-5H;/q;-1;. The third-order valence-corrected chi connectivity index (χ3v) is 4.32. The zero-order valence-electron chi connectivity index (χ0n) is 15.6. The zero-order chi connectivity index (χ0) is 18.0. The number of hydrogen-bond acceptors (Lipinski definition) is 3. The number of thiol groups is 1. The molecule has 0 aliphatic heterocycles. The molecule has 0 saturated heterocycles. The predicted molar refractivity (Wildman–Crippen MR) is 111 cm³/mol. The fourth-order valence-electron chi connectivity index (χ4n) is 2.54. The van der Waals surface area contributed by atoms with Crippen LogP contribution in [0.4, 0.5) is 0 Å². The molecule has 0 aromatic heterocycles. The molecule has 1 aromatic carbocycles. The van der Waals surface area contributed by atoms with E-state index >= 15 is 0 Å². The quantitative estimate of drug-likeness (QED) is 0.130. The number of hydrogen-bond donors (Lipinski definition) is 2. The molecule has 0 heterocycles. The first-order valence-corrected chi connectivity index (χ1v) is 10.2. The van der Waals surface area contributed by atoms with E-state index in [2.05, 4.69) is 12.6 Å². The second kappa shape index (κ2) is 18.8. The third-order valence-electron chi connectivity index (χ3n) is 4.01. The Hall–Kier alpha value is -0.961. The van der Waals surface area contributed by atoms with Gasteiger partial charge in [-0.3, -0.25) is 0 Å². The Kier molecular flexibility index (Phi) is 18.1. The Labute approximate surface area is 175 Å². The first-order chi connectivity index (χ1) is 12.3. The number of ether oxygens (including phenoxy) is 1. The van der Waals surface area contributed by atoms with E-state index in [4.69, 9.17) is 4.74 Å². The van der Waals surface area contributed by atoms with Crippen molar-refractivity contribution in [3.05, 3.63) is 66.2 Å². The van der Waals surface area contributed by atoms with Gasteiger partial charge in [0.25, 0.3) is 5.95 Å². The predicted octanol–water partition coefficient (Wildman–Crippen LogP) is 6.74. The summed E-state index contributed by atoms with van der Waals surface area (Å²) in [7, 11) is 0. The van der Waals surface area contributed by atoms with Gasteiger partial charge in [-0.05, 0) is 30.7 Å². The fraction of sp³-hybridized carbons (Fsp3) is 0.500. The van der Waals surface area contributed by atoms with Gasteiger partial charge in [0, 0.05) is 17.1 Å². The van der Waals surface area contributed by atoms with Gasteiger partial charge in [0.2, 0.25) is 0 Å². The van der Waals surface area contributed by atoms with E-state index in [1.807, 2.05) is 54.6 Å². The number of allylic oxidation sites excluding steroid dienone is 5. The molecule has 1 aliphatic carbocycles. The summed E-state index contributed by atoms with van der Waals surface area (Å²) in [5.41, 5.74) is 0.770. The van der Waals surface area contributed by atoms with Crippen LogP contribution >= 0.6 is 12.6 Å². The van der Waals surface area contributed by atoms with Crippen LogP contribution in [0, 0.1) is 0 Å². The van der Waals surface area contributed by atoms with E-state index in [1.165, 1.54) is 51.4 Å². The van der Waals surface area contributed by atoms with Gasteiger partial charge in [-0.15, -0.1) is 0 Å². The second-order valence-electron chi connectivity index (χ2n) is 6.20. The van der Waals surface area contributed by atoms with Crippen LogP contribution in [-0.4, -0.2) is 17.5 Å². The van der Waals surface area contributed by atoms with Crippen LogP contribution in [0.3, 0.4) is 0 Å². The first kappa shape index (κ1) is 25.0. The van der Waals surface area contributed by atoms with Gasteiger partial charge in [-0.2, -0.15) is 30.8 Å². The summed E-state index contributed by atoms with van der Waals surface area (Å²) in [5.74, 6) is 1.08. The van der Waals surface area contributed by atoms with E-state index in [0.717, 1.165) is 17.7 Å². The monoisotopic (exact) mass is 417 g/mol. The maximum absolute atomic E-state index is 9.64. The van der Waals surface area contributed by atoms with Gasteiger partial charge in [-0.25, -0.2) is 12.1 Å². The van der Waals surface area contributed by atoms with E-state index in [1.54, 1.807) is 0 Å². The minimum atomic E-state index is 0. The van der Waals surface area contributed by atoms with E-state index < -0.39 is 0 Å². The number of aliphatic hydroxyl groups excluding tert-OH is 1. The number of rotatable bonds is 12. The topological polar surface area (TPSA) is 29.5 Å². The van der Waals surface area contributed by atoms with Crippen LogP contribution in [-0.2, 0) is 21.8 Å². The molecular weight excluding hydrogens is 384 g/mol. The molecule has 0 saturated carbocycles. The Bertz CT molecular complexity index is 461. The van der Waals surface area contributed by atoms with Gasteiger partial charge >= 0.3 is 0 Å². The Morgan fingerprint density at radius 1 is 0.846 bits per heavy atom. The molecule has 0 amide bonds. The molecule has 1 N–H and O–H groups in total. The van der Waals surface area contributed by atoms with Crippen LogP contribution in [0.1, 0.15) is 57.8 Å². The molecule has 2 nitrogen and oxygen atoms in total. The molecule has 0 atom stereocenters. The molecule has 26 heavy (non-hydrogen) atoms. The summed E-state index contributed by atoms with van der Waals surface area (Å²) in [4.78, 5) is 0. The third kappa shape index (κ3) is 14.2. The van der Waals surface area contributed by atoms with Crippen molar-refractivity contribution in [1.29, 1.82) is 0 Å². The van der Waals surface area contributed by atoms with Crippen molar-refractivity contribution in [1.82, 2.24) is 0 Å². The first-order valence-electron chi connectivity index (χ1n) is 9.53. The van der Waals surface area contributed by atoms with Crippen molar-refractivity contribution in [3.8, 4) is 0 Å². The Morgan fingerprint density at radius 2 is 1.35 bits per heavy atom. The van der Waals surface area contributed by atoms with Crippen molar-refractivity contribution in [2.24, 2.45) is 0 Å². The molecule has 0 bridgehead atoms. The van der Waals surface area contributed by atoms with Crippen LogP contribution in [0.25, 0.3) is 0 Å². The fourth-order valence-corrected chi connectivity index (χ4v) is 2.76. The SMILES string of the molecule is OC(OCCCCCCCCCCCS)=C1C=CC=C1.[Fe].c1cc[cH-]c1. The van der Waals surface area contributed by atoms with Crippen molar-refractivity contribution in [2.45, 2.75) is 57.8 Å². The maximum atomic E-state index is 9.64. The van der Waals surface area contributed by atoms with Crippen molar-refractivity contribution in [3.63, 3.8) is 0 Å². The number of aliphatic hydroxyl groups is 1. The maximum Gasteiger partial charge on any atom is 0.284 e. The van der Waals surface area contributed by atoms with Crippen molar-refractivity contribution in [2.75, 3.05) is 12.4 Å². The van der Waals surface area contributed by atoms with E-state index in [-0.39, 0.29) is 23.0 Å². The molecule has 0 unspecified atom stereocenters. The molecule has 1 aliphatic rings. The molecule has 148 valence electrons. The van der Waals surface area contributed by atoms with Crippen LogP contribution in [0.5, 0.6) is 0 Å². The molecule has 0 fully saturated rings. The molecule has 0 radical (unpaired) electrons. The molecular formula is C22H33FeO2S-. The average molecular weight is 417 g/mol. The summed E-state index contributed by atoms with van der Waals surface area (Å²) in [6, 6.07) is 10.0. The van der Waals surface area contributed by atoms with Gasteiger partial charge in [-0.1, -0.05) is 57.1 Å². The summed E-state index contributed by atoms with van der Waals surface area (Å²) < 4.78 is 5.32. The summed E-state index contributed by atoms with van der Waals surface area (Å²) in [6.45, 7) is 0.610. The molecule has 0 spiro atoms. The largest absolute Gasteiger partial charge is 0.481 e. The van der Waals surface area contributed by atoms with E-state index in [9.17, 15) is 5.11 Å². The average Bonchev–Trinajstić information content (AvgIpc) is 3.35. The summed E-state index contributed by atoms with van der Waals surface area (Å²) in [5, 5.41) is 9.64. The van der Waals surface area contributed by atoms with Gasteiger partial charge in [0.1, 0.15) is 0 Å². The Morgan fingerprint density at radius 3 is 1.81 bits per heavy atom. The van der Waals surface area contributed by atoms with Crippen molar-refractivity contribution < 1.29 is 26.9 Å². The van der Waals surface area contributed by atoms with Crippen LogP contribution in [0.15, 0.2) is 66.2 Å². The Balaban J connectivity index is 0.000000893. The van der Waals surface area contributed by atoms with Gasteiger partial charge in [0.05, 0.1) is 12.2 Å². The van der Waals surface area contributed by atoms with Crippen LogP contribution in [0.2, 0.25) is 0 Å². The zero-order valence-corrected chi connectivity index (χ0v) is 17.6. The second-order valence-corrected chi connectivity index (χ2v) is 6.64. The molecule has 4 heteroatoms. The van der Waals surface area contributed by atoms with Gasteiger partial charge in [0.15, 0.2) is 0 Å². The molecule has 1 aromatic rings. The molecule has 2 rings (SSSR count). The van der Waals surface area contributed by atoms with Gasteiger partial charge < -0.3 is 9.84 Å². The smallest absolute Gasteiger partial charge is 0.284 e. The summed E-state index contributed by atoms with van der Waals surface area (Å²) in [6.07, 6.45) is 18.9. The van der Waals surface area contributed by atoms with Crippen molar-refractivity contribution >= 4 is 12.6 Å². The summed E-state index contributed by atoms with van der Waals surface area (Å²) >= 11 is 4.21.